The molecule has 104 valence electrons. The number of carbonyl (C=O) groups is 1. The summed E-state index contributed by atoms with van der Waals surface area (Å²) in [6, 6.07) is 3.60. The van der Waals surface area contributed by atoms with Gasteiger partial charge in [0.05, 0.1) is 5.56 Å². The number of nitrogens with two attached hydrogens (primary N) is 1. The van der Waals surface area contributed by atoms with E-state index in [-0.39, 0.29) is 17.2 Å². The maximum absolute atomic E-state index is 13.6. The Labute approximate surface area is 111 Å². The highest BCUT2D eigenvalue weighted by Crippen LogP contribution is 2.17. The van der Waals surface area contributed by atoms with E-state index in [2.05, 4.69) is 4.90 Å². The molecule has 5 nitrogen and oxygen atoms in total. The lowest BCUT2D eigenvalue weighted by atomic mass is 10.1. The van der Waals surface area contributed by atoms with Gasteiger partial charge in [0.15, 0.2) is 0 Å². The molecule has 0 aromatic heterocycles. The van der Waals surface area contributed by atoms with Crippen LogP contribution in [0, 0.1) is 5.82 Å². The molecule has 1 aromatic rings. The molecular formula is C13H18FN3O2. The van der Waals surface area contributed by atoms with Crippen LogP contribution in [0.2, 0.25) is 0 Å². The number of benzene rings is 1. The van der Waals surface area contributed by atoms with Crippen molar-refractivity contribution in [2.75, 3.05) is 39.3 Å². The molecule has 2 rings (SSSR count). The van der Waals surface area contributed by atoms with Crippen molar-refractivity contribution in [1.82, 2.24) is 9.80 Å². The van der Waals surface area contributed by atoms with Crippen LogP contribution in [0.15, 0.2) is 18.2 Å². The van der Waals surface area contributed by atoms with E-state index in [4.69, 9.17) is 10.8 Å². The quantitative estimate of drug-likeness (QED) is 0.823. The van der Waals surface area contributed by atoms with Gasteiger partial charge in [-0.2, -0.15) is 0 Å². The van der Waals surface area contributed by atoms with E-state index in [1.54, 1.807) is 4.90 Å². The third-order valence-electron chi connectivity index (χ3n) is 3.29. The van der Waals surface area contributed by atoms with Crippen LogP contribution in [0.5, 0.6) is 5.75 Å². The van der Waals surface area contributed by atoms with Crippen LogP contribution >= 0.6 is 0 Å². The number of phenols is 1. The minimum absolute atomic E-state index is 0.00470. The molecule has 1 amide bonds. The fourth-order valence-corrected chi connectivity index (χ4v) is 2.20. The SMILES string of the molecule is NCCN1CCN(C(=O)c2ccc(O)cc2F)CC1. The Bertz CT molecular complexity index is 459. The minimum atomic E-state index is -0.686. The van der Waals surface area contributed by atoms with Crippen molar-refractivity contribution < 1.29 is 14.3 Å². The average molecular weight is 267 g/mol. The molecule has 1 aromatic carbocycles. The van der Waals surface area contributed by atoms with Crippen molar-refractivity contribution in [3.8, 4) is 5.75 Å². The Balaban J connectivity index is 2.01. The van der Waals surface area contributed by atoms with Crippen LogP contribution in [0.3, 0.4) is 0 Å². The molecule has 1 aliphatic rings. The fourth-order valence-electron chi connectivity index (χ4n) is 2.20. The second-order valence-corrected chi connectivity index (χ2v) is 4.59. The predicted octanol–water partition coefficient (Wildman–Crippen LogP) is 0.248. The van der Waals surface area contributed by atoms with Gasteiger partial charge in [0.2, 0.25) is 0 Å². The van der Waals surface area contributed by atoms with Gasteiger partial charge in [-0.25, -0.2) is 4.39 Å². The summed E-state index contributed by atoms with van der Waals surface area (Å²) >= 11 is 0. The second kappa shape index (κ2) is 5.99. The Morgan fingerprint density at radius 1 is 1.32 bits per heavy atom. The molecule has 19 heavy (non-hydrogen) atoms. The first-order chi connectivity index (χ1) is 9.11. The Morgan fingerprint density at radius 3 is 2.58 bits per heavy atom. The van der Waals surface area contributed by atoms with Gasteiger partial charge in [-0.1, -0.05) is 0 Å². The highest BCUT2D eigenvalue weighted by Gasteiger charge is 2.23. The van der Waals surface area contributed by atoms with Crippen LogP contribution in [0.1, 0.15) is 10.4 Å². The predicted molar refractivity (Wildman–Crippen MR) is 69.5 cm³/mol. The first-order valence-corrected chi connectivity index (χ1v) is 6.32. The smallest absolute Gasteiger partial charge is 0.256 e. The first-order valence-electron chi connectivity index (χ1n) is 6.32. The fraction of sp³-hybridized carbons (Fsp3) is 0.462. The molecule has 0 spiro atoms. The molecule has 6 heteroatoms. The highest BCUT2D eigenvalue weighted by atomic mass is 19.1. The van der Waals surface area contributed by atoms with Crippen molar-refractivity contribution >= 4 is 5.91 Å². The standard InChI is InChI=1S/C13H18FN3O2/c14-12-9-10(18)1-2-11(12)13(19)17-7-5-16(4-3-15)6-8-17/h1-2,9,18H,3-8,15H2. The summed E-state index contributed by atoms with van der Waals surface area (Å²) < 4.78 is 13.6. The lowest BCUT2D eigenvalue weighted by Gasteiger charge is -2.34. The maximum Gasteiger partial charge on any atom is 0.256 e. The second-order valence-electron chi connectivity index (χ2n) is 4.59. The summed E-state index contributed by atoms with van der Waals surface area (Å²) in [6.45, 7) is 4.06. The molecule has 0 bridgehead atoms. The van der Waals surface area contributed by atoms with Gasteiger partial charge < -0.3 is 15.7 Å². The van der Waals surface area contributed by atoms with E-state index in [0.29, 0.717) is 19.6 Å². The Morgan fingerprint density at radius 2 is 2.00 bits per heavy atom. The van der Waals surface area contributed by atoms with Gasteiger partial charge in [-0.3, -0.25) is 9.69 Å². The van der Waals surface area contributed by atoms with Gasteiger partial charge >= 0.3 is 0 Å². The van der Waals surface area contributed by atoms with Crippen molar-refractivity contribution in [2.24, 2.45) is 5.73 Å². The van der Waals surface area contributed by atoms with Gasteiger partial charge in [0, 0.05) is 45.3 Å². The summed E-state index contributed by atoms with van der Waals surface area (Å²) in [4.78, 5) is 16.0. The van der Waals surface area contributed by atoms with E-state index in [0.717, 1.165) is 25.7 Å². The maximum atomic E-state index is 13.6. The monoisotopic (exact) mass is 267 g/mol. The summed E-state index contributed by atoms with van der Waals surface area (Å²) in [7, 11) is 0. The van der Waals surface area contributed by atoms with Crippen LogP contribution in [-0.4, -0.2) is 60.1 Å². The number of amides is 1. The minimum Gasteiger partial charge on any atom is -0.508 e. The lowest BCUT2D eigenvalue weighted by molar-refractivity contribution is 0.0636. The molecular weight excluding hydrogens is 249 g/mol. The zero-order chi connectivity index (χ0) is 13.8. The zero-order valence-electron chi connectivity index (χ0n) is 10.7. The molecule has 1 heterocycles. The normalized spacial score (nSPS) is 16.6. The van der Waals surface area contributed by atoms with Gasteiger partial charge in [-0.05, 0) is 12.1 Å². The average Bonchev–Trinajstić information content (AvgIpc) is 2.39. The summed E-state index contributed by atoms with van der Waals surface area (Å²) in [5.41, 5.74) is 5.49. The van der Waals surface area contributed by atoms with E-state index in [1.165, 1.54) is 12.1 Å². The molecule has 0 saturated carbocycles. The van der Waals surface area contributed by atoms with E-state index in [9.17, 15) is 9.18 Å². The largest absolute Gasteiger partial charge is 0.508 e. The topological polar surface area (TPSA) is 69.8 Å². The molecule has 1 fully saturated rings. The number of carbonyl (C=O) groups excluding carboxylic acids is 1. The third-order valence-corrected chi connectivity index (χ3v) is 3.29. The summed E-state index contributed by atoms with van der Waals surface area (Å²) in [5.74, 6) is -1.19. The lowest BCUT2D eigenvalue weighted by Crippen LogP contribution is -2.49. The van der Waals surface area contributed by atoms with Gasteiger partial charge in [0.1, 0.15) is 11.6 Å². The van der Waals surface area contributed by atoms with Gasteiger partial charge in [-0.15, -0.1) is 0 Å². The number of nitrogens with zero attached hydrogens (tertiary/aromatic N) is 2. The number of phenolic OH excluding ortho intramolecular Hbond substituents is 1. The van der Waals surface area contributed by atoms with Crippen molar-refractivity contribution in [2.45, 2.75) is 0 Å². The number of rotatable bonds is 3. The molecule has 0 atom stereocenters. The summed E-state index contributed by atoms with van der Waals surface area (Å²) in [5, 5.41) is 9.14. The van der Waals surface area contributed by atoms with Crippen molar-refractivity contribution in [1.29, 1.82) is 0 Å². The number of piperazine rings is 1. The molecule has 1 saturated heterocycles. The Hall–Kier alpha value is -1.66. The molecule has 1 aliphatic heterocycles. The number of hydrogen-bond acceptors (Lipinski definition) is 4. The van der Waals surface area contributed by atoms with Crippen LogP contribution in [-0.2, 0) is 0 Å². The number of hydrogen-bond donors (Lipinski definition) is 2. The third kappa shape index (κ3) is 3.21. The molecule has 0 aliphatic carbocycles. The highest BCUT2D eigenvalue weighted by molar-refractivity contribution is 5.94. The van der Waals surface area contributed by atoms with E-state index in [1.807, 2.05) is 0 Å². The zero-order valence-corrected chi connectivity index (χ0v) is 10.7. The summed E-state index contributed by atoms with van der Waals surface area (Å²) in [6.07, 6.45) is 0. The number of halogens is 1. The van der Waals surface area contributed by atoms with E-state index < -0.39 is 5.82 Å². The number of aromatic hydroxyl groups is 1. The van der Waals surface area contributed by atoms with Crippen molar-refractivity contribution in [3.63, 3.8) is 0 Å². The molecule has 0 radical (unpaired) electrons. The van der Waals surface area contributed by atoms with Crippen molar-refractivity contribution in [3.05, 3.63) is 29.6 Å². The van der Waals surface area contributed by atoms with Crippen LogP contribution in [0.25, 0.3) is 0 Å². The van der Waals surface area contributed by atoms with Crippen LogP contribution < -0.4 is 5.73 Å². The first kappa shape index (κ1) is 13.8. The van der Waals surface area contributed by atoms with E-state index >= 15 is 0 Å². The van der Waals surface area contributed by atoms with Gasteiger partial charge in [0.25, 0.3) is 5.91 Å². The molecule has 3 N–H and O–H groups in total. The molecule has 0 unspecified atom stereocenters. The van der Waals surface area contributed by atoms with Crippen LogP contribution in [0.4, 0.5) is 4.39 Å². The Kier molecular flexibility index (Phi) is 4.34.